The van der Waals surface area contributed by atoms with E-state index in [0.717, 1.165) is 12.8 Å². The second-order valence-electron chi connectivity index (χ2n) is 9.06. The van der Waals surface area contributed by atoms with Crippen LogP contribution in [0.1, 0.15) is 52.4 Å². The first-order valence-electron chi connectivity index (χ1n) is 10.9. The van der Waals surface area contributed by atoms with Gasteiger partial charge in [-0.15, -0.1) is 0 Å². The fraction of sp³-hybridized carbons (Fsp3) is 0.667. The highest BCUT2D eigenvalue weighted by molar-refractivity contribution is 6.43. The van der Waals surface area contributed by atoms with Crippen molar-refractivity contribution in [3.05, 3.63) is 23.8 Å². The summed E-state index contributed by atoms with van der Waals surface area (Å²) in [5.41, 5.74) is 0.343. The molecule has 1 saturated carbocycles. The largest absolute Gasteiger partial charge is 0.475 e. The molecule has 1 amide bonds. The highest BCUT2D eigenvalue weighted by Crippen LogP contribution is 2.37. The van der Waals surface area contributed by atoms with Gasteiger partial charge in [-0.2, -0.15) is 0 Å². The average molecular weight is 427 g/mol. The predicted molar refractivity (Wildman–Crippen MR) is 116 cm³/mol. The van der Waals surface area contributed by atoms with E-state index in [2.05, 4.69) is 20.1 Å². The van der Waals surface area contributed by atoms with Crippen LogP contribution < -0.4 is 10.2 Å². The zero-order valence-electron chi connectivity index (χ0n) is 18.1. The summed E-state index contributed by atoms with van der Waals surface area (Å²) in [6.07, 6.45) is 6.87. The molecule has 0 unspecified atom stereocenters. The van der Waals surface area contributed by atoms with E-state index in [1.165, 1.54) is 12.4 Å². The van der Waals surface area contributed by atoms with Gasteiger partial charge in [-0.25, -0.2) is 14.8 Å². The van der Waals surface area contributed by atoms with Crippen molar-refractivity contribution in [2.24, 2.45) is 17.8 Å². The standard InChI is InChI=1S/C21H30BN5O4/c1-13(2)8-19(22(30)31)26-20(29)15(9-14-4-5-14)10-18(28)17-6-7-27(17)21-24-11-16(23-3)12-25-21/h11-15,17,19,30-31H,4-10H2,1-2H3,(H,26,29)/t15-,17+,19+/m1/s1. The molecule has 9 nitrogen and oxygen atoms in total. The van der Waals surface area contributed by atoms with Gasteiger partial charge in [0.15, 0.2) is 5.78 Å². The highest BCUT2D eigenvalue weighted by atomic mass is 16.4. The molecule has 2 aliphatic rings. The number of rotatable bonds is 11. The monoisotopic (exact) mass is 427 g/mol. The lowest BCUT2D eigenvalue weighted by Gasteiger charge is -2.40. The molecular formula is C21H30BN5O4. The van der Waals surface area contributed by atoms with Crippen LogP contribution in [0.3, 0.4) is 0 Å². The van der Waals surface area contributed by atoms with Crippen molar-refractivity contribution >= 4 is 30.4 Å². The lowest BCUT2D eigenvalue weighted by Crippen LogP contribution is -2.54. The molecule has 1 saturated heterocycles. The van der Waals surface area contributed by atoms with Crippen LogP contribution in [0.5, 0.6) is 0 Å². The number of carbonyl (C=O) groups is 2. The molecule has 3 N–H and O–H groups in total. The Labute approximate surface area is 183 Å². The number of hydrogen-bond donors (Lipinski definition) is 3. The summed E-state index contributed by atoms with van der Waals surface area (Å²) >= 11 is 0. The summed E-state index contributed by atoms with van der Waals surface area (Å²) in [5, 5.41) is 22.0. The van der Waals surface area contributed by atoms with Crippen LogP contribution in [0.25, 0.3) is 4.85 Å². The zero-order valence-corrected chi connectivity index (χ0v) is 18.1. The molecular weight excluding hydrogens is 397 g/mol. The van der Waals surface area contributed by atoms with Gasteiger partial charge in [-0.05, 0) is 31.1 Å². The highest BCUT2D eigenvalue weighted by Gasteiger charge is 2.39. The SMILES string of the molecule is [C-]#[N+]c1cnc(N2CC[C@H]2C(=O)C[C@@H](CC2CC2)C(=O)N[C@@H](CC(C)C)B(O)O)nc1. The Morgan fingerprint density at radius 2 is 1.97 bits per heavy atom. The number of anilines is 1. The van der Waals surface area contributed by atoms with Gasteiger partial charge in [-0.1, -0.05) is 26.7 Å². The number of ketones is 1. The molecule has 166 valence electrons. The van der Waals surface area contributed by atoms with Gasteiger partial charge in [0.1, 0.15) is 0 Å². The molecule has 0 bridgehead atoms. The van der Waals surface area contributed by atoms with Crippen LogP contribution in [-0.4, -0.2) is 57.4 Å². The van der Waals surface area contributed by atoms with E-state index >= 15 is 0 Å². The van der Waals surface area contributed by atoms with Crippen molar-refractivity contribution in [2.45, 2.75) is 64.4 Å². The van der Waals surface area contributed by atoms with Crippen LogP contribution >= 0.6 is 0 Å². The summed E-state index contributed by atoms with van der Waals surface area (Å²) in [4.78, 5) is 39.4. The molecule has 10 heteroatoms. The van der Waals surface area contributed by atoms with Crippen LogP contribution in [0.2, 0.25) is 0 Å². The van der Waals surface area contributed by atoms with Crippen molar-refractivity contribution in [1.82, 2.24) is 15.3 Å². The normalized spacial score (nSPS) is 19.9. The number of amides is 1. The van der Waals surface area contributed by atoms with Crippen LogP contribution in [0.15, 0.2) is 12.4 Å². The molecule has 1 aromatic heterocycles. The Balaban J connectivity index is 1.63. The van der Waals surface area contributed by atoms with Crippen molar-refractivity contribution in [3.63, 3.8) is 0 Å². The molecule has 2 heterocycles. The Kier molecular flexibility index (Phi) is 7.62. The molecule has 0 aromatic carbocycles. The number of aromatic nitrogens is 2. The number of nitrogens with one attached hydrogen (secondary N) is 1. The fourth-order valence-electron chi connectivity index (χ4n) is 3.96. The molecule has 3 rings (SSSR count). The Morgan fingerprint density at radius 1 is 1.29 bits per heavy atom. The maximum absolute atomic E-state index is 13.0. The maximum Gasteiger partial charge on any atom is 0.475 e. The third-order valence-corrected chi connectivity index (χ3v) is 5.95. The predicted octanol–water partition coefficient (Wildman–Crippen LogP) is 1.52. The van der Waals surface area contributed by atoms with Gasteiger partial charge in [0.25, 0.3) is 0 Å². The van der Waals surface area contributed by atoms with Gasteiger partial charge >= 0.3 is 7.12 Å². The smallest absolute Gasteiger partial charge is 0.426 e. The Morgan fingerprint density at radius 3 is 2.45 bits per heavy atom. The van der Waals surface area contributed by atoms with E-state index in [1.807, 2.05) is 13.8 Å². The first kappa shape index (κ1) is 23.2. The van der Waals surface area contributed by atoms with E-state index in [-0.39, 0.29) is 30.1 Å². The third kappa shape index (κ3) is 6.25. The topological polar surface area (TPSA) is 120 Å². The zero-order chi connectivity index (χ0) is 22.5. The molecule has 0 spiro atoms. The van der Waals surface area contributed by atoms with E-state index in [1.54, 1.807) is 4.90 Å². The van der Waals surface area contributed by atoms with Crippen molar-refractivity contribution in [2.75, 3.05) is 11.4 Å². The third-order valence-electron chi connectivity index (χ3n) is 5.95. The van der Waals surface area contributed by atoms with E-state index in [0.29, 0.717) is 43.4 Å². The molecule has 3 atom stereocenters. The molecule has 2 fully saturated rings. The number of Topliss-reactive ketones (excluding diaryl/α,β-unsaturated/α-hetero) is 1. The molecule has 0 radical (unpaired) electrons. The average Bonchev–Trinajstić information content (AvgIpc) is 3.50. The van der Waals surface area contributed by atoms with E-state index in [9.17, 15) is 19.6 Å². The lowest BCUT2D eigenvalue weighted by atomic mass is 9.74. The summed E-state index contributed by atoms with van der Waals surface area (Å²) in [6, 6.07) is -0.372. The first-order valence-corrected chi connectivity index (χ1v) is 10.9. The summed E-state index contributed by atoms with van der Waals surface area (Å²) < 4.78 is 0. The minimum atomic E-state index is -1.64. The number of carbonyl (C=O) groups excluding carboxylic acids is 2. The van der Waals surface area contributed by atoms with Crippen molar-refractivity contribution in [1.29, 1.82) is 0 Å². The van der Waals surface area contributed by atoms with Gasteiger partial charge in [-0.3, -0.25) is 9.59 Å². The van der Waals surface area contributed by atoms with Gasteiger partial charge in [0.05, 0.1) is 18.6 Å². The van der Waals surface area contributed by atoms with Gasteiger partial charge in [0.2, 0.25) is 17.5 Å². The maximum atomic E-state index is 13.0. The lowest BCUT2D eigenvalue weighted by molar-refractivity contribution is -0.131. The van der Waals surface area contributed by atoms with Crippen molar-refractivity contribution in [3.8, 4) is 0 Å². The second-order valence-corrected chi connectivity index (χ2v) is 9.06. The quantitative estimate of drug-likeness (QED) is 0.362. The number of nitrogens with zero attached hydrogens (tertiary/aromatic N) is 4. The van der Waals surface area contributed by atoms with Crippen LogP contribution in [0.4, 0.5) is 11.6 Å². The summed E-state index contributed by atoms with van der Waals surface area (Å²) in [6.45, 7) is 11.5. The minimum Gasteiger partial charge on any atom is -0.426 e. The van der Waals surface area contributed by atoms with Crippen LogP contribution in [0, 0.1) is 24.3 Å². The van der Waals surface area contributed by atoms with E-state index in [4.69, 9.17) is 6.57 Å². The molecule has 1 aromatic rings. The summed E-state index contributed by atoms with van der Waals surface area (Å²) in [7, 11) is -1.64. The summed E-state index contributed by atoms with van der Waals surface area (Å²) in [5.74, 6) is -0.500. The van der Waals surface area contributed by atoms with Crippen LogP contribution in [-0.2, 0) is 9.59 Å². The molecule has 1 aliphatic carbocycles. The van der Waals surface area contributed by atoms with Gasteiger partial charge in [0, 0.05) is 31.3 Å². The fourth-order valence-corrected chi connectivity index (χ4v) is 3.96. The Bertz CT molecular complexity index is 822. The molecule has 1 aliphatic heterocycles. The Hall–Kier alpha value is -2.51. The minimum absolute atomic E-state index is 0.0325. The van der Waals surface area contributed by atoms with Crippen molar-refractivity contribution < 1.29 is 19.6 Å². The van der Waals surface area contributed by atoms with E-state index < -0.39 is 19.0 Å². The second kappa shape index (κ2) is 10.2. The first-order chi connectivity index (χ1) is 14.8. The number of hydrogen-bond acceptors (Lipinski definition) is 7. The molecule has 31 heavy (non-hydrogen) atoms. The van der Waals surface area contributed by atoms with Gasteiger partial charge < -0.3 is 20.3 Å².